The highest BCUT2D eigenvalue weighted by molar-refractivity contribution is 9.10. The van der Waals surface area contributed by atoms with Crippen LogP contribution in [0.25, 0.3) is 0 Å². The normalized spacial score (nSPS) is 10.1. The second-order valence-corrected chi connectivity index (χ2v) is 4.20. The summed E-state index contributed by atoms with van der Waals surface area (Å²) in [4.78, 5) is 10.4. The van der Waals surface area contributed by atoms with Crippen LogP contribution in [0.15, 0.2) is 16.6 Å². The number of hydrogen-bond donors (Lipinski definition) is 2. The van der Waals surface area contributed by atoms with Gasteiger partial charge in [0.05, 0.1) is 0 Å². The molecule has 88 valence electrons. The molecule has 0 aromatic heterocycles. The molecule has 2 N–H and O–H groups in total. The van der Waals surface area contributed by atoms with Crippen LogP contribution in [0.3, 0.4) is 0 Å². The summed E-state index contributed by atoms with van der Waals surface area (Å²) >= 11 is 3.31. The fourth-order valence-corrected chi connectivity index (χ4v) is 1.88. The molecule has 0 saturated heterocycles. The summed E-state index contributed by atoms with van der Waals surface area (Å²) in [6, 6.07) is 3.09. The lowest BCUT2D eigenvalue weighted by Crippen LogP contribution is -2.04. The molecule has 0 spiro atoms. The van der Waals surface area contributed by atoms with E-state index in [1.165, 1.54) is 6.07 Å². The van der Waals surface area contributed by atoms with E-state index >= 15 is 0 Å². The van der Waals surface area contributed by atoms with Gasteiger partial charge < -0.3 is 14.9 Å². The van der Waals surface area contributed by atoms with Gasteiger partial charge in [0.1, 0.15) is 0 Å². The van der Waals surface area contributed by atoms with Gasteiger partial charge in [0, 0.05) is 10.0 Å². The van der Waals surface area contributed by atoms with Gasteiger partial charge in [-0.3, -0.25) is 0 Å². The van der Waals surface area contributed by atoms with E-state index in [2.05, 4.69) is 20.7 Å². The quantitative estimate of drug-likeness (QED) is 0.657. The van der Waals surface area contributed by atoms with Crippen molar-refractivity contribution >= 4 is 22.1 Å². The second-order valence-electron chi connectivity index (χ2n) is 3.34. The number of halogens is 1. The molecule has 1 rings (SSSR count). The van der Waals surface area contributed by atoms with Gasteiger partial charge in [0.2, 0.25) is 0 Å². The molecule has 0 bridgehead atoms. The Morgan fingerprint density at radius 1 is 1.50 bits per heavy atom. The van der Waals surface area contributed by atoms with Gasteiger partial charge >= 0.3 is 6.16 Å². The van der Waals surface area contributed by atoms with Crippen molar-refractivity contribution in [2.24, 2.45) is 0 Å². The Morgan fingerprint density at radius 2 is 2.19 bits per heavy atom. The molecule has 4 nitrogen and oxygen atoms in total. The molecule has 1 aromatic carbocycles. The maximum atomic E-state index is 10.4. The van der Waals surface area contributed by atoms with Gasteiger partial charge in [0.25, 0.3) is 0 Å². The number of carboxylic acid groups (broad SMARTS) is 1. The molecule has 5 heteroatoms. The van der Waals surface area contributed by atoms with Gasteiger partial charge in [-0.1, -0.05) is 29.3 Å². The van der Waals surface area contributed by atoms with E-state index in [-0.39, 0.29) is 11.5 Å². The number of aromatic hydroxyl groups is 1. The highest BCUT2D eigenvalue weighted by Crippen LogP contribution is 2.36. The monoisotopic (exact) mass is 288 g/mol. The predicted molar refractivity (Wildman–Crippen MR) is 63.1 cm³/mol. The van der Waals surface area contributed by atoms with Crippen molar-refractivity contribution in [2.75, 3.05) is 0 Å². The van der Waals surface area contributed by atoms with E-state index in [9.17, 15) is 9.90 Å². The molecule has 0 aliphatic heterocycles. The van der Waals surface area contributed by atoms with Crippen LogP contribution in [0.4, 0.5) is 4.79 Å². The first kappa shape index (κ1) is 12.8. The number of phenolic OH excluding ortho intramolecular Hbond substituents is 1. The lowest BCUT2D eigenvalue weighted by molar-refractivity contribution is 0.143. The maximum absolute atomic E-state index is 10.4. The van der Waals surface area contributed by atoms with Crippen LogP contribution in [0.2, 0.25) is 0 Å². The molecule has 0 heterocycles. The van der Waals surface area contributed by atoms with Crippen LogP contribution in [0.1, 0.15) is 25.3 Å². The Bertz CT molecular complexity index is 390. The molecule has 0 unspecified atom stereocenters. The van der Waals surface area contributed by atoms with E-state index in [1.807, 2.05) is 6.92 Å². The van der Waals surface area contributed by atoms with Crippen LogP contribution in [-0.2, 0) is 6.42 Å². The first-order chi connectivity index (χ1) is 7.56. The van der Waals surface area contributed by atoms with Gasteiger partial charge in [-0.25, -0.2) is 4.79 Å². The third-order valence-corrected chi connectivity index (χ3v) is 2.91. The minimum Gasteiger partial charge on any atom is -0.504 e. The summed E-state index contributed by atoms with van der Waals surface area (Å²) in [7, 11) is 0. The highest BCUT2D eigenvalue weighted by atomic mass is 79.9. The molecule has 0 fully saturated rings. The molecular formula is C11H13BrO4. The second kappa shape index (κ2) is 5.75. The van der Waals surface area contributed by atoms with Crippen LogP contribution in [0.5, 0.6) is 11.5 Å². The summed E-state index contributed by atoms with van der Waals surface area (Å²) in [6.45, 7) is 2.04. The zero-order chi connectivity index (χ0) is 12.1. The number of benzene rings is 1. The van der Waals surface area contributed by atoms with E-state index in [1.54, 1.807) is 6.07 Å². The van der Waals surface area contributed by atoms with Crippen molar-refractivity contribution in [3.05, 3.63) is 22.2 Å². The average molecular weight is 289 g/mol. The molecule has 0 amide bonds. The Hall–Kier alpha value is -1.23. The first-order valence-electron chi connectivity index (χ1n) is 4.97. The Kier molecular flexibility index (Phi) is 4.61. The molecular weight excluding hydrogens is 276 g/mol. The van der Waals surface area contributed by atoms with E-state index in [0.29, 0.717) is 12.0 Å². The minimum atomic E-state index is -1.43. The zero-order valence-corrected chi connectivity index (χ0v) is 10.5. The van der Waals surface area contributed by atoms with Crippen molar-refractivity contribution in [2.45, 2.75) is 26.2 Å². The third kappa shape index (κ3) is 3.13. The van der Waals surface area contributed by atoms with Gasteiger partial charge in [-0.2, -0.15) is 0 Å². The summed E-state index contributed by atoms with van der Waals surface area (Å²) in [5.41, 5.74) is 0.681. The fourth-order valence-electron chi connectivity index (χ4n) is 1.36. The first-order valence-corrected chi connectivity index (χ1v) is 5.76. The van der Waals surface area contributed by atoms with E-state index in [0.717, 1.165) is 17.3 Å². The molecule has 0 aliphatic carbocycles. The molecule has 0 aliphatic rings. The molecule has 0 radical (unpaired) electrons. The molecule has 16 heavy (non-hydrogen) atoms. The largest absolute Gasteiger partial charge is 0.511 e. The molecule has 0 saturated carbocycles. The Labute approximate surface area is 102 Å². The van der Waals surface area contributed by atoms with Crippen molar-refractivity contribution in [3.8, 4) is 11.5 Å². The number of hydrogen-bond acceptors (Lipinski definition) is 3. The Morgan fingerprint density at radius 3 is 2.75 bits per heavy atom. The summed E-state index contributed by atoms with van der Waals surface area (Å²) in [5, 5.41) is 18.3. The van der Waals surface area contributed by atoms with E-state index in [4.69, 9.17) is 5.11 Å². The average Bonchev–Trinajstić information content (AvgIpc) is 2.22. The molecule has 1 aromatic rings. The van der Waals surface area contributed by atoms with Gasteiger partial charge in [0.15, 0.2) is 11.5 Å². The standard InChI is InChI=1S/C11H13BrO4/c1-2-3-4-7-8(12)5-6-9(10(7)13)16-11(14)15/h5-6,13H,2-4H2,1H3,(H,14,15). The minimum absolute atomic E-state index is 0.0261. The SMILES string of the molecule is CCCCc1c(Br)ccc(OC(=O)O)c1O. The summed E-state index contributed by atoms with van der Waals surface area (Å²) in [5.74, 6) is -0.132. The van der Waals surface area contributed by atoms with Crippen LogP contribution in [0, 0.1) is 0 Å². The smallest absolute Gasteiger partial charge is 0.504 e. The van der Waals surface area contributed by atoms with Crippen LogP contribution in [-0.4, -0.2) is 16.4 Å². The van der Waals surface area contributed by atoms with Crippen molar-refractivity contribution in [1.82, 2.24) is 0 Å². The lowest BCUT2D eigenvalue weighted by atomic mass is 10.1. The van der Waals surface area contributed by atoms with Crippen molar-refractivity contribution < 1.29 is 19.7 Å². The molecule has 0 atom stereocenters. The zero-order valence-electron chi connectivity index (χ0n) is 8.86. The van der Waals surface area contributed by atoms with Crippen LogP contribution < -0.4 is 4.74 Å². The number of ether oxygens (including phenoxy) is 1. The number of rotatable bonds is 4. The highest BCUT2D eigenvalue weighted by Gasteiger charge is 2.14. The predicted octanol–water partition coefficient (Wildman–Crippen LogP) is 3.55. The number of carbonyl (C=O) groups is 1. The third-order valence-electron chi connectivity index (χ3n) is 2.17. The number of unbranched alkanes of at least 4 members (excludes halogenated alkanes) is 1. The van der Waals surface area contributed by atoms with Gasteiger partial charge in [-0.05, 0) is 25.0 Å². The van der Waals surface area contributed by atoms with Crippen LogP contribution >= 0.6 is 15.9 Å². The van der Waals surface area contributed by atoms with Gasteiger partial charge in [-0.15, -0.1) is 0 Å². The topological polar surface area (TPSA) is 66.8 Å². The summed E-state index contributed by atoms with van der Waals surface area (Å²) in [6.07, 6.45) is 1.16. The maximum Gasteiger partial charge on any atom is 0.511 e. The summed E-state index contributed by atoms with van der Waals surface area (Å²) < 4.78 is 5.23. The van der Waals surface area contributed by atoms with Crippen molar-refractivity contribution in [3.63, 3.8) is 0 Å². The van der Waals surface area contributed by atoms with E-state index < -0.39 is 6.16 Å². The lowest BCUT2D eigenvalue weighted by Gasteiger charge is -2.10. The Balaban J connectivity index is 3.01. The number of phenols is 1. The van der Waals surface area contributed by atoms with Crippen molar-refractivity contribution in [1.29, 1.82) is 0 Å². The fraction of sp³-hybridized carbons (Fsp3) is 0.364.